The van der Waals surface area contributed by atoms with Gasteiger partial charge in [-0.25, -0.2) is 4.39 Å². The minimum absolute atomic E-state index is 0.288. The normalized spacial score (nSPS) is 10.4. The molecule has 2 aromatic carbocycles. The van der Waals surface area contributed by atoms with Gasteiger partial charge in [0, 0.05) is 15.7 Å². The predicted octanol–water partition coefficient (Wildman–Crippen LogP) is 5.17. The van der Waals surface area contributed by atoms with Crippen LogP contribution in [0, 0.1) is 5.82 Å². The Hall–Kier alpha value is -1.20. The van der Waals surface area contributed by atoms with E-state index in [9.17, 15) is 9.18 Å². The van der Waals surface area contributed by atoms with Crippen molar-refractivity contribution in [2.75, 3.05) is 5.32 Å². The Bertz CT molecular complexity index is 658. The Labute approximate surface area is 133 Å². The highest BCUT2D eigenvalue weighted by Gasteiger charge is 2.11. The van der Waals surface area contributed by atoms with E-state index in [2.05, 4.69) is 37.2 Å². The molecule has 5 heteroatoms. The van der Waals surface area contributed by atoms with Crippen molar-refractivity contribution < 1.29 is 9.18 Å². The van der Waals surface area contributed by atoms with Crippen molar-refractivity contribution in [3.8, 4) is 0 Å². The number of carbonyl (C=O) groups excluding carboxylic acids is 1. The second-order valence-electron chi connectivity index (χ2n) is 4.24. The molecule has 0 aliphatic rings. The molecule has 0 heterocycles. The molecule has 0 saturated heterocycles. The molecule has 0 atom stereocenters. The van der Waals surface area contributed by atoms with E-state index >= 15 is 0 Å². The van der Waals surface area contributed by atoms with Gasteiger partial charge in [-0.1, -0.05) is 22.9 Å². The van der Waals surface area contributed by atoms with Gasteiger partial charge in [0.25, 0.3) is 5.91 Å². The molecule has 0 radical (unpaired) electrons. The molecule has 0 unspecified atom stereocenters. The van der Waals surface area contributed by atoms with Crippen LogP contribution in [0.2, 0.25) is 0 Å². The van der Waals surface area contributed by atoms with Gasteiger partial charge in [0.05, 0.1) is 4.47 Å². The third kappa shape index (κ3) is 3.46. The first kappa shape index (κ1) is 15.2. The predicted molar refractivity (Wildman–Crippen MR) is 85.6 cm³/mol. The smallest absolute Gasteiger partial charge is 0.255 e. The molecule has 0 aliphatic carbocycles. The zero-order chi connectivity index (χ0) is 14.7. The van der Waals surface area contributed by atoms with Gasteiger partial charge in [-0.2, -0.15) is 0 Å². The van der Waals surface area contributed by atoms with Gasteiger partial charge in [0.15, 0.2) is 0 Å². The Morgan fingerprint density at radius 2 is 1.95 bits per heavy atom. The summed E-state index contributed by atoms with van der Waals surface area (Å²) in [6.45, 7) is 2.01. The Morgan fingerprint density at radius 1 is 1.20 bits per heavy atom. The molecule has 2 nitrogen and oxygen atoms in total. The summed E-state index contributed by atoms with van der Waals surface area (Å²) in [4.78, 5) is 12.1. The summed E-state index contributed by atoms with van der Waals surface area (Å²) in [5, 5.41) is 2.81. The molecule has 104 valence electrons. The van der Waals surface area contributed by atoms with E-state index in [-0.39, 0.29) is 11.5 Å². The van der Waals surface area contributed by atoms with Crippen molar-refractivity contribution in [3.63, 3.8) is 0 Å². The average Bonchev–Trinajstić information content (AvgIpc) is 2.43. The van der Waals surface area contributed by atoms with Crippen LogP contribution in [-0.4, -0.2) is 5.91 Å². The Kier molecular flexibility index (Phi) is 4.94. The summed E-state index contributed by atoms with van der Waals surface area (Å²) in [7, 11) is 0. The lowest BCUT2D eigenvalue weighted by Gasteiger charge is -2.10. The van der Waals surface area contributed by atoms with Crippen LogP contribution in [0.5, 0.6) is 0 Å². The molecular formula is C15H12Br2FNO. The molecule has 2 rings (SSSR count). The number of hydrogen-bond donors (Lipinski definition) is 1. The zero-order valence-electron chi connectivity index (χ0n) is 10.7. The first-order valence-corrected chi connectivity index (χ1v) is 7.64. The van der Waals surface area contributed by atoms with Gasteiger partial charge in [-0.05, 0) is 64.3 Å². The second-order valence-corrected chi connectivity index (χ2v) is 6.01. The minimum atomic E-state index is -0.454. The lowest BCUT2D eigenvalue weighted by atomic mass is 10.1. The highest BCUT2D eigenvalue weighted by molar-refractivity contribution is 9.10. The lowest BCUT2D eigenvalue weighted by Crippen LogP contribution is -2.13. The maximum atomic E-state index is 13.4. The number of hydrogen-bond acceptors (Lipinski definition) is 1. The van der Waals surface area contributed by atoms with E-state index < -0.39 is 5.82 Å². The zero-order valence-corrected chi connectivity index (χ0v) is 13.9. The molecule has 20 heavy (non-hydrogen) atoms. The summed E-state index contributed by atoms with van der Waals surface area (Å²) >= 11 is 6.46. The van der Waals surface area contributed by atoms with Gasteiger partial charge in [0.2, 0.25) is 0 Å². The lowest BCUT2D eigenvalue weighted by molar-refractivity contribution is 0.102. The quantitative estimate of drug-likeness (QED) is 0.756. The highest BCUT2D eigenvalue weighted by atomic mass is 79.9. The van der Waals surface area contributed by atoms with Crippen molar-refractivity contribution in [2.24, 2.45) is 0 Å². The largest absolute Gasteiger partial charge is 0.322 e. The third-order valence-corrected chi connectivity index (χ3v) is 4.01. The van der Waals surface area contributed by atoms with Crippen LogP contribution in [0.4, 0.5) is 10.1 Å². The minimum Gasteiger partial charge on any atom is -0.322 e. The van der Waals surface area contributed by atoms with E-state index in [0.29, 0.717) is 4.47 Å². The van der Waals surface area contributed by atoms with E-state index in [0.717, 1.165) is 22.1 Å². The first-order chi connectivity index (χ1) is 9.51. The van der Waals surface area contributed by atoms with E-state index in [1.54, 1.807) is 6.07 Å². The number of nitrogens with one attached hydrogen (secondary N) is 1. The van der Waals surface area contributed by atoms with Crippen molar-refractivity contribution in [1.82, 2.24) is 0 Å². The maximum Gasteiger partial charge on any atom is 0.255 e. The number of rotatable bonds is 3. The standard InChI is InChI=1S/C15H12Br2FNO/c1-2-9-7-11(16)4-6-14(9)19-15(20)10-3-5-12(17)13(18)8-10/h3-8H,2H2,1H3,(H,19,20). The first-order valence-electron chi connectivity index (χ1n) is 6.06. The van der Waals surface area contributed by atoms with Crippen LogP contribution in [0.15, 0.2) is 45.3 Å². The molecule has 0 fully saturated rings. The van der Waals surface area contributed by atoms with Crippen molar-refractivity contribution in [3.05, 3.63) is 62.3 Å². The van der Waals surface area contributed by atoms with E-state index in [4.69, 9.17) is 0 Å². The fourth-order valence-electron chi connectivity index (χ4n) is 1.81. The van der Waals surface area contributed by atoms with Gasteiger partial charge in [-0.3, -0.25) is 4.79 Å². The molecule has 0 spiro atoms. The number of anilines is 1. The van der Waals surface area contributed by atoms with Crippen LogP contribution in [0.25, 0.3) is 0 Å². The number of aryl methyl sites for hydroxylation is 1. The molecule has 1 amide bonds. The number of amides is 1. The molecule has 0 saturated carbocycles. The fraction of sp³-hybridized carbons (Fsp3) is 0.133. The molecular weight excluding hydrogens is 389 g/mol. The molecule has 0 bridgehead atoms. The summed E-state index contributed by atoms with van der Waals surface area (Å²) in [5.74, 6) is -0.780. The van der Waals surface area contributed by atoms with E-state index in [1.165, 1.54) is 12.1 Å². The second kappa shape index (κ2) is 6.50. The Balaban J connectivity index is 2.25. The summed E-state index contributed by atoms with van der Waals surface area (Å²) in [5.41, 5.74) is 2.05. The van der Waals surface area contributed by atoms with Gasteiger partial charge in [0.1, 0.15) is 5.82 Å². The monoisotopic (exact) mass is 399 g/mol. The summed E-state index contributed by atoms with van der Waals surface area (Å²) in [6, 6.07) is 9.95. The highest BCUT2D eigenvalue weighted by Crippen LogP contribution is 2.23. The van der Waals surface area contributed by atoms with Gasteiger partial charge < -0.3 is 5.32 Å². The maximum absolute atomic E-state index is 13.4. The molecule has 0 aliphatic heterocycles. The topological polar surface area (TPSA) is 29.1 Å². The summed E-state index contributed by atoms with van der Waals surface area (Å²) < 4.78 is 14.7. The fourth-order valence-corrected chi connectivity index (χ4v) is 2.46. The number of benzene rings is 2. The van der Waals surface area contributed by atoms with Gasteiger partial charge >= 0.3 is 0 Å². The number of halogens is 3. The SMILES string of the molecule is CCc1cc(Br)ccc1NC(=O)c1ccc(Br)c(F)c1. The third-order valence-electron chi connectivity index (χ3n) is 2.88. The average molecular weight is 401 g/mol. The summed E-state index contributed by atoms with van der Waals surface area (Å²) in [6.07, 6.45) is 0.795. The molecule has 0 aromatic heterocycles. The van der Waals surface area contributed by atoms with Gasteiger partial charge in [-0.15, -0.1) is 0 Å². The van der Waals surface area contributed by atoms with Crippen LogP contribution >= 0.6 is 31.9 Å². The van der Waals surface area contributed by atoms with Crippen LogP contribution in [0.3, 0.4) is 0 Å². The molecule has 2 aromatic rings. The number of carbonyl (C=O) groups is 1. The Morgan fingerprint density at radius 3 is 2.60 bits per heavy atom. The van der Waals surface area contributed by atoms with Crippen molar-refractivity contribution in [2.45, 2.75) is 13.3 Å². The molecule has 1 N–H and O–H groups in total. The van der Waals surface area contributed by atoms with Crippen LogP contribution in [0.1, 0.15) is 22.8 Å². The van der Waals surface area contributed by atoms with Crippen molar-refractivity contribution in [1.29, 1.82) is 0 Å². The van der Waals surface area contributed by atoms with E-state index in [1.807, 2.05) is 25.1 Å². The van der Waals surface area contributed by atoms with Crippen LogP contribution < -0.4 is 5.32 Å². The van der Waals surface area contributed by atoms with Crippen molar-refractivity contribution >= 4 is 43.5 Å². The van der Waals surface area contributed by atoms with Crippen LogP contribution in [-0.2, 0) is 6.42 Å².